The summed E-state index contributed by atoms with van der Waals surface area (Å²) < 4.78 is 2.00. The second kappa shape index (κ2) is 4.23. The van der Waals surface area contributed by atoms with Crippen molar-refractivity contribution in [1.29, 1.82) is 0 Å². The van der Waals surface area contributed by atoms with Gasteiger partial charge in [-0.15, -0.1) is 0 Å². The molecular weight excluding hydrogens is 238 g/mol. The number of piperidine rings is 1. The summed E-state index contributed by atoms with van der Waals surface area (Å²) in [6, 6.07) is 0.426. The third kappa shape index (κ3) is 1.89. The van der Waals surface area contributed by atoms with Gasteiger partial charge in [-0.05, 0) is 33.0 Å². The minimum absolute atomic E-state index is 0.426. The molecule has 1 aliphatic heterocycles. The molecule has 1 fully saturated rings. The molecule has 1 saturated heterocycles. The summed E-state index contributed by atoms with van der Waals surface area (Å²) >= 11 is 6.02. The fraction of sp³-hybridized carbons (Fsp3) is 0.545. The van der Waals surface area contributed by atoms with Crippen LogP contribution >= 0.6 is 11.6 Å². The maximum Gasteiger partial charge on any atom is 0.162 e. The van der Waals surface area contributed by atoms with Gasteiger partial charge in [0, 0.05) is 0 Å². The second-order valence-corrected chi connectivity index (χ2v) is 4.88. The third-order valence-electron chi connectivity index (χ3n) is 3.38. The first-order valence-electron chi connectivity index (χ1n) is 5.78. The molecule has 0 unspecified atom stereocenters. The summed E-state index contributed by atoms with van der Waals surface area (Å²) in [4.78, 5) is 10.6. The zero-order valence-corrected chi connectivity index (χ0v) is 10.4. The van der Waals surface area contributed by atoms with Crippen LogP contribution in [0.15, 0.2) is 12.5 Å². The maximum absolute atomic E-state index is 6.02. The lowest BCUT2D eigenvalue weighted by Crippen LogP contribution is -2.31. The number of aromatic nitrogens is 4. The van der Waals surface area contributed by atoms with Crippen LogP contribution in [-0.2, 0) is 0 Å². The molecule has 0 spiro atoms. The highest BCUT2D eigenvalue weighted by Gasteiger charge is 2.21. The summed E-state index contributed by atoms with van der Waals surface area (Å²) in [6.45, 7) is 2.20. The van der Waals surface area contributed by atoms with E-state index >= 15 is 0 Å². The molecule has 3 rings (SSSR count). The number of fused-ring (bicyclic) bond motifs is 1. The Bertz CT molecular complexity index is 530. The summed E-state index contributed by atoms with van der Waals surface area (Å²) in [5.74, 6) is 0. The van der Waals surface area contributed by atoms with Crippen molar-refractivity contribution in [1.82, 2.24) is 24.6 Å². The van der Waals surface area contributed by atoms with Crippen LogP contribution in [0.3, 0.4) is 0 Å². The first-order valence-corrected chi connectivity index (χ1v) is 6.16. The van der Waals surface area contributed by atoms with Gasteiger partial charge in [0.2, 0.25) is 0 Å². The normalized spacial score (nSPS) is 18.9. The van der Waals surface area contributed by atoms with Crippen molar-refractivity contribution in [2.45, 2.75) is 18.9 Å². The highest BCUT2D eigenvalue weighted by Crippen LogP contribution is 2.26. The fourth-order valence-electron chi connectivity index (χ4n) is 2.34. The number of halogens is 1. The van der Waals surface area contributed by atoms with Crippen molar-refractivity contribution in [3.63, 3.8) is 0 Å². The smallest absolute Gasteiger partial charge is 0.162 e. The number of hydrogen-bond acceptors (Lipinski definition) is 4. The topological polar surface area (TPSA) is 46.8 Å². The Balaban J connectivity index is 1.98. The van der Waals surface area contributed by atoms with Gasteiger partial charge in [-0.1, -0.05) is 11.6 Å². The average molecular weight is 252 g/mol. The molecule has 0 aliphatic carbocycles. The van der Waals surface area contributed by atoms with Crippen molar-refractivity contribution in [3.8, 4) is 0 Å². The lowest BCUT2D eigenvalue weighted by molar-refractivity contribution is 0.215. The summed E-state index contributed by atoms with van der Waals surface area (Å²) in [5, 5.41) is 5.74. The Hall–Kier alpha value is -1.20. The van der Waals surface area contributed by atoms with Gasteiger partial charge in [0.15, 0.2) is 5.65 Å². The van der Waals surface area contributed by atoms with Crippen LogP contribution in [0.1, 0.15) is 18.9 Å². The molecule has 17 heavy (non-hydrogen) atoms. The third-order valence-corrected chi connectivity index (χ3v) is 3.68. The van der Waals surface area contributed by atoms with E-state index in [2.05, 4.69) is 27.0 Å². The van der Waals surface area contributed by atoms with E-state index in [1.807, 2.05) is 4.68 Å². The van der Waals surface area contributed by atoms with Crippen LogP contribution in [0.25, 0.3) is 11.0 Å². The molecule has 0 bridgehead atoms. The first kappa shape index (κ1) is 10.9. The van der Waals surface area contributed by atoms with Gasteiger partial charge in [-0.3, -0.25) is 0 Å². The van der Waals surface area contributed by atoms with Crippen molar-refractivity contribution in [2.24, 2.45) is 0 Å². The van der Waals surface area contributed by atoms with Gasteiger partial charge >= 0.3 is 0 Å². The summed E-state index contributed by atoms with van der Waals surface area (Å²) in [5.41, 5.74) is 0.847. The molecule has 2 aromatic rings. The molecule has 0 saturated carbocycles. The van der Waals surface area contributed by atoms with Gasteiger partial charge in [-0.2, -0.15) is 5.10 Å². The van der Waals surface area contributed by atoms with Crippen LogP contribution in [0.4, 0.5) is 0 Å². The van der Waals surface area contributed by atoms with E-state index < -0.39 is 0 Å². The van der Waals surface area contributed by atoms with Gasteiger partial charge in [0.25, 0.3) is 0 Å². The Morgan fingerprint density at radius 3 is 2.82 bits per heavy atom. The number of likely N-dealkylation sites (tertiary alicyclic amines) is 1. The van der Waals surface area contributed by atoms with Gasteiger partial charge in [-0.25, -0.2) is 14.6 Å². The fourth-order valence-corrected chi connectivity index (χ4v) is 2.52. The van der Waals surface area contributed by atoms with Crippen LogP contribution < -0.4 is 0 Å². The largest absolute Gasteiger partial charge is 0.306 e. The minimum atomic E-state index is 0.426. The monoisotopic (exact) mass is 251 g/mol. The van der Waals surface area contributed by atoms with E-state index in [1.54, 1.807) is 6.20 Å². The van der Waals surface area contributed by atoms with E-state index in [9.17, 15) is 0 Å². The van der Waals surface area contributed by atoms with Crippen molar-refractivity contribution < 1.29 is 0 Å². The summed E-state index contributed by atoms with van der Waals surface area (Å²) in [7, 11) is 2.15. The molecular formula is C11H14ClN5. The van der Waals surface area contributed by atoms with E-state index in [1.165, 1.54) is 6.33 Å². The van der Waals surface area contributed by atoms with Crippen LogP contribution in [0.5, 0.6) is 0 Å². The van der Waals surface area contributed by atoms with E-state index in [0.29, 0.717) is 11.2 Å². The molecule has 0 amide bonds. The van der Waals surface area contributed by atoms with E-state index in [-0.39, 0.29) is 0 Å². The maximum atomic E-state index is 6.02. The molecule has 3 heterocycles. The minimum Gasteiger partial charge on any atom is -0.306 e. The quantitative estimate of drug-likeness (QED) is 0.725. The average Bonchev–Trinajstić information content (AvgIpc) is 2.75. The van der Waals surface area contributed by atoms with Crippen LogP contribution in [0, 0.1) is 0 Å². The number of hydrogen-bond donors (Lipinski definition) is 0. The Kier molecular flexibility index (Phi) is 2.72. The zero-order chi connectivity index (χ0) is 11.8. The zero-order valence-electron chi connectivity index (χ0n) is 9.67. The number of nitrogens with zero attached hydrogens (tertiary/aromatic N) is 5. The lowest BCUT2D eigenvalue weighted by Gasteiger charge is -2.29. The highest BCUT2D eigenvalue weighted by molar-refractivity contribution is 6.33. The Morgan fingerprint density at radius 1 is 1.29 bits per heavy atom. The predicted molar refractivity (Wildman–Crippen MR) is 66.1 cm³/mol. The molecule has 6 heteroatoms. The van der Waals surface area contributed by atoms with Crippen molar-refractivity contribution in [2.75, 3.05) is 20.1 Å². The van der Waals surface area contributed by atoms with E-state index in [0.717, 1.165) is 37.0 Å². The second-order valence-electron chi connectivity index (χ2n) is 4.53. The molecule has 0 atom stereocenters. The van der Waals surface area contributed by atoms with Crippen molar-refractivity contribution in [3.05, 3.63) is 17.7 Å². The molecule has 2 aromatic heterocycles. The van der Waals surface area contributed by atoms with Crippen LogP contribution in [-0.4, -0.2) is 44.8 Å². The lowest BCUT2D eigenvalue weighted by atomic mass is 10.1. The van der Waals surface area contributed by atoms with Gasteiger partial charge < -0.3 is 4.90 Å². The van der Waals surface area contributed by atoms with Gasteiger partial charge in [0.05, 0.1) is 17.6 Å². The molecule has 0 aromatic carbocycles. The Labute approximate surface area is 104 Å². The van der Waals surface area contributed by atoms with Gasteiger partial charge in [0.1, 0.15) is 11.5 Å². The molecule has 90 valence electrons. The Morgan fingerprint density at radius 2 is 2.06 bits per heavy atom. The molecule has 0 radical (unpaired) electrons. The standard InChI is InChI=1S/C11H14ClN5/c1-16-4-2-8(3-5-16)17-11-9(6-15-17)10(12)13-7-14-11/h6-8H,2-5H2,1H3. The van der Waals surface area contributed by atoms with Crippen LogP contribution in [0.2, 0.25) is 5.15 Å². The number of rotatable bonds is 1. The molecule has 1 aliphatic rings. The molecule has 5 nitrogen and oxygen atoms in total. The molecule has 0 N–H and O–H groups in total. The van der Waals surface area contributed by atoms with E-state index in [4.69, 9.17) is 11.6 Å². The summed E-state index contributed by atoms with van der Waals surface area (Å²) in [6.07, 6.45) is 5.47. The highest BCUT2D eigenvalue weighted by atomic mass is 35.5. The SMILES string of the molecule is CN1CCC(n2ncc3c(Cl)ncnc32)CC1. The predicted octanol–water partition coefficient (Wildman–Crippen LogP) is 1.75. The van der Waals surface area contributed by atoms with Crippen molar-refractivity contribution >= 4 is 22.6 Å². The first-order chi connectivity index (χ1) is 8.25.